The number of rotatable bonds is 11. The van der Waals surface area contributed by atoms with Gasteiger partial charge in [-0.3, -0.25) is 9.78 Å². The number of hydrogen-bond donors (Lipinski definition) is 5. The van der Waals surface area contributed by atoms with Crippen LogP contribution in [0.2, 0.25) is 0 Å². The van der Waals surface area contributed by atoms with Gasteiger partial charge < -0.3 is 21.3 Å². The predicted molar refractivity (Wildman–Crippen MR) is 204 cm³/mol. The molecule has 14 heteroatoms. The minimum Gasteiger partial charge on any atom is -0.340 e. The van der Waals surface area contributed by atoms with Crippen LogP contribution in [-0.2, 0) is 10.0 Å². The van der Waals surface area contributed by atoms with Crippen LogP contribution in [0, 0.1) is 13.8 Å². The Morgan fingerprint density at radius 2 is 1.57 bits per heavy atom. The molecule has 0 aliphatic heterocycles. The van der Waals surface area contributed by atoms with Gasteiger partial charge in [-0.2, -0.15) is 4.98 Å². The molecular weight excluding hydrogens is 683 g/mol. The molecule has 6 rings (SSSR count). The zero-order chi connectivity index (χ0) is 36.2. The second-order valence-electron chi connectivity index (χ2n) is 12.8. The summed E-state index contributed by atoms with van der Waals surface area (Å²) in [6, 6.07) is 23.0. The van der Waals surface area contributed by atoms with E-state index in [1.54, 1.807) is 87.9 Å². The number of benzene rings is 3. The molecular formula is C37H37N9O3S2. The molecule has 0 radical (unpaired) electrons. The SMILES string of the molecule is Cc1ccc(NC(=O)c2ccc(Nc3ncc(C)c(Nc4cccc(S(=O)(=O)NC(C)(C)C)c4)n3)cc2)cc1Nc1nc(-c2cccnc2)cs1. The molecule has 0 spiro atoms. The van der Waals surface area contributed by atoms with Crippen molar-refractivity contribution in [3.05, 3.63) is 120 Å². The van der Waals surface area contributed by atoms with Gasteiger partial charge in [0.15, 0.2) is 5.13 Å². The molecule has 0 unspecified atom stereocenters. The molecule has 0 aliphatic carbocycles. The Morgan fingerprint density at radius 3 is 2.31 bits per heavy atom. The van der Waals surface area contributed by atoms with E-state index in [0.29, 0.717) is 34.4 Å². The number of thiazole rings is 1. The molecule has 12 nitrogen and oxygen atoms in total. The van der Waals surface area contributed by atoms with Gasteiger partial charge in [-0.15, -0.1) is 11.3 Å². The Balaban J connectivity index is 1.09. The van der Waals surface area contributed by atoms with Crippen LogP contribution in [0.15, 0.2) is 108 Å². The zero-order valence-electron chi connectivity index (χ0n) is 28.6. The van der Waals surface area contributed by atoms with Crippen molar-refractivity contribution in [1.29, 1.82) is 0 Å². The summed E-state index contributed by atoms with van der Waals surface area (Å²) in [5.41, 5.74) is 6.12. The largest absolute Gasteiger partial charge is 0.340 e. The van der Waals surface area contributed by atoms with Crippen LogP contribution in [-0.4, -0.2) is 39.8 Å². The number of aromatic nitrogens is 4. The molecule has 3 aromatic heterocycles. The maximum absolute atomic E-state index is 13.2. The molecule has 0 atom stereocenters. The number of nitrogens with zero attached hydrogens (tertiary/aromatic N) is 4. The number of nitrogens with one attached hydrogen (secondary N) is 5. The number of hydrogen-bond acceptors (Lipinski definition) is 11. The summed E-state index contributed by atoms with van der Waals surface area (Å²) in [6.07, 6.45) is 5.17. The maximum atomic E-state index is 13.2. The molecule has 51 heavy (non-hydrogen) atoms. The fourth-order valence-electron chi connectivity index (χ4n) is 4.93. The van der Waals surface area contributed by atoms with Gasteiger partial charge in [-0.05, 0) is 107 Å². The first-order valence-electron chi connectivity index (χ1n) is 16.0. The standard InChI is InChI=1S/C37H37N9O3S2/c1-23-11-14-29(19-31(23)43-36-44-32(22-50-36)26-8-7-17-38-21-26)41-34(47)25-12-15-27(16-13-25)42-35-39-20-24(2)33(45-35)40-28-9-6-10-30(18-28)51(48,49)46-37(3,4)5/h6-22,46H,1-5H3,(H,41,47)(H,43,44)(H2,39,40,42,45). The number of carbonyl (C=O) groups is 1. The fourth-order valence-corrected chi connectivity index (χ4v) is 7.13. The zero-order valence-corrected chi connectivity index (χ0v) is 30.3. The van der Waals surface area contributed by atoms with E-state index in [9.17, 15) is 13.2 Å². The molecule has 0 saturated heterocycles. The lowest BCUT2D eigenvalue weighted by Crippen LogP contribution is -2.40. The van der Waals surface area contributed by atoms with E-state index in [-0.39, 0.29) is 10.8 Å². The number of anilines is 7. The maximum Gasteiger partial charge on any atom is 0.255 e. The van der Waals surface area contributed by atoms with Gasteiger partial charge >= 0.3 is 0 Å². The van der Waals surface area contributed by atoms with E-state index in [1.165, 1.54) is 11.3 Å². The van der Waals surface area contributed by atoms with Crippen molar-refractivity contribution >= 4 is 66.9 Å². The van der Waals surface area contributed by atoms with Crippen LogP contribution in [0.4, 0.5) is 39.6 Å². The number of aryl methyl sites for hydroxylation is 2. The molecule has 6 aromatic rings. The van der Waals surface area contributed by atoms with Gasteiger partial charge in [0.05, 0.1) is 10.6 Å². The Labute approximate surface area is 300 Å². The summed E-state index contributed by atoms with van der Waals surface area (Å²) in [5.74, 6) is 0.577. The first kappa shape index (κ1) is 35.1. The average Bonchev–Trinajstić information content (AvgIpc) is 3.56. The molecule has 1 amide bonds. The van der Waals surface area contributed by atoms with Crippen LogP contribution in [0.25, 0.3) is 11.3 Å². The van der Waals surface area contributed by atoms with Gasteiger partial charge in [-0.25, -0.2) is 23.1 Å². The van der Waals surface area contributed by atoms with Crippen molar-refractivity contribution in [2.24, 2.45) is 0 Å². The van der Waals surface area contributed by atoms with Crippen LogP contribution in [0.3, 0.4) is 0 Å². The lowest BCUT2D eigenvalue weighted by Gasteiger charge is -2.20. The molecule has 0 saturated carbocycles. The van der Waals surface area contributed by atoms with E-state index in [1.807, 2.05) is 49.6 Å². The van der Waals surface area contributed by atoms with Crippen molar-refractivity contribution in [1.82, 2.24) is 24.7 Å². The Bertz CT molecular complexity index is 2290. The summed E-state index contributed by atoms with van der Waals surface area (Å²) in [5, 5.41) is 15.4. The molecule has 3 heterocycles. The van der Waals surface area contributed by atoms with Crippen LogP contribution in [0.5, 0.6) is 0 Å². The predicted octanol–water partition coefficient (Wildman–Crippen LogP) is 8.17. The van der Waals surface area contributed by atoms with E-state index in [0.717, 1.165) is 33.2 Å². The molecule has 0 fully saturated rings. The van der Waals surface area contributed by atoms with Gasteiger partial charge in [0.25, 0.3) is 5.91 Å². The van der Waals surface area contributed by atoms with Crippen molar-refractivity contribution in [2.75, 3.05) is 21.3 Å². The monoisotopic (exact) mass is 719 g/mol. The smallest absolute Gasteiger partial charge is 0.255 e. The van der Waals surface area contributed by atoms with E-state index >= 15 is 0 Å². The molecule has 5 N–H and O–H groups in total. The Hall–Kier alpha value is -5.70. The quantitative estimate of drug-likeness (QED) is 0.0883. The summed E-state index contributed by atoms with van der Waals surface area (Å²) in [7, 11) is -3.71. The van der Waals surface area contributed by atoms with Crippen molar-refractivity contribution in [3.63, 3.8) is 0 Å². The van der Waals surface area contributed by atoms with Gasteiger partial charge in [0.1, 0.15) is 5.82 Å². The molecule has 260 valence electrons. The van der Waals surface area contributed by atoms with Gasteiger partial charge in [0.2, 0.25) is 16.0 Å². The summed E-state index contributed by atoms with van der Waals surface area (Å²) in [4.78, 5) is 31.1. The topological polar surface area (TPSA) is 163 Å². The van der Waals surface area contributed by atoms with E-state index in [2.05, 4.69) is 45.9 Å². The normalized spacial score (nSPS) is 11.5. The van der Waals surface area contributed by atoms with Crippen LogP contribution in [0.1, 0.15) is 42.3 Å². The molecule has 3 aromatic carbocycles. The highest BCUT2D eigenvalue weighted by atomic mass is 32.2. The summed E-state index contributed by atoms with van der Waals surface area (Å²) >= 11 is 1.49. The highest BCUT2D eigenvalue weighted by Crippen LogP contribution is 2.30. The highest BCUT2D eigenvalue weighted by molar-refractivity contribution is 7.89. The third-order valence-electron chi connectivity index (χ3n) is 7.42. The lowest BCUT2D eigenvalue weighted by molar-refractivity contribution is 0.102. The van der Waals surface area contributed by atoms with Gasteiger partial charge in [0, 0.05) is 68.9 Å². The molecule has 0 bridgehead atoms. The first-order valence-corrected chi connectivity index (χ1v) is 18.3. The Kier molecular flexibility index (Phi) is 10.1. The van der Waals surface area contributed by atoms with Crippen LogP contribution >= 0.6 is 11.3 Å². The molecule has 0 aliphatic rings. The van der Waals surface area contributed by atoms with E-state index in [4.69, 9.17) is 0 Å². The Morgan fingerprint density at radius 1 is 0.784 bits per heavy atom. The van der Waals surface area contributed by atoms with Crippen LogP contribution < -0.4 is 26.0 Å². The average molecular weight is 720 g/mol. The van der Waals surface area contributed by atoms with Gasteiger partial charge in [-0.1, -0.05) is 12.1 Å². The second kappa shape index (κ2) is 14.6. The minimum absolute atomic E-state index is 0.141. The number of amides is 1. The number of pyridine rings is 1. The van der Waals surface area contributed by atoms with Crippen molar-refractivity contribution in [2.45, 2.75) is 45.1 Å². The highest BCUT2D eigenvalue weighted by Gasteiger charge is 2.22. The van der Waals surface area contributed by atoms with Crippen molar-refractivity contribution in [3.8, 4) is 11.3 Å². The summed E-state index contributed by atoms with van der Waals surface area (Å²) < 4.78 is 28.4. The minimum atomic E-state index is -3.71. The first-order chi connectivity index (χ1) is 24.3. The third-order valence-corrected chi connectivity index (χ3v) is 9.93. The second-order valence-corrected chi connectivity index (χ2v) is 15.4. The van der Waals surface area contributed by atoms with E-state index < -0.39 is 15.6 Å². The number of sulfonamides is 1. The number of carbonyl (C=O) groups excluding carboxylic acids is 1. The fraction of sp³-hybridized carbons (Fsp3) is 0.162. The van der Waals surface area contributed by atoms with Crippen molar-refractivity contribution < 1.29 is 13.2 Å². The lowest BCUT2D eigenvalue weighted by atomic mass is 10.1. The third kappa shape index (κ3) is 9.11. The summed E-state index contributed by atoms with van der Waals surface area (Å²) in [6.45, 7) is 9.21.